The zero-order valence-electron chi connectivity index (χ0n) is 8.72. The summed E-state index contributed by atoms with van der Waals surface area (Å²) in [6.45, 7) is 2.07. The van der Waals surface area contributed by atoms with Gasteiger partial charge >= 0.3 is 5.97 Å². The van der Waals surface area contributed by atoms with Crippen LogP contribution in [0.4, 0.5) is 4.39 Å². The molecule has 0 unspecified atom stereocenters. The van der Waals surface area contributed by atoms with Crippen molar-refractivity contribution < 1.29 is 13.9 Å². The molecule has 0 saturated heterocycles. The van der Waals surface area contributed by atoms with Crippen molar-refractivity contribution in [3.63, 3.8) is 0 Å². The number of ether oxygens (including phenoxy) is 1. The molecule has 0 saturated carbocycles. The fourth-order valence-electron chi connectivity index (χ4n) is 1.00. The first-order chi connectivity index (χ1) is 7.63. The molecule has 0 aromatic heterocycles. The summed E-state index contributed by atoms with van der Waals surface area (Å²) in [5.41, 5.74) is 0.532. The van der Waals surface area contributed by atoms with Crippen LogP contribution in [-0.4, -0.2) is 12.6 Å². The van der Waals surface area contributed by atoms with E-state index >= 15 is 0 Å². The van der Waals surface area contributed by atoms with Crippen molar-refractivity contribution in [2.75, 3.05) is 6.61 Å². The van der Waals surface area contributed by atoms with Crippen molar-refractivity contribution in [2.24, 2.45) is 0 Å². The molecule has 84 valence electrons. The van der Waals surface area contributed by atoms with Gasteiger partial charge in [-0.1, -0.05) is 11.8 Å². The fourth-order valence-corrected chi connectivity index (χ4v) is 1.25. The topological polar surface area (TPSA) is 26.3 Å². The smallest absolute Gasteiger partial charge is 0.317 e. The summed E-state index contributed by atoms with van der Waals surface area (Å²) in [5.74, 6) is 4.58. The van der Waals surface area contributed by atoms with Gasteiger partial charge in [0.15, 0.2) is 0 Å². The van der Waals surface area contributed by atoms with E-state index in [-0.39, 0.29) is 18.2 Å². The second-order valence-corrected chi connectivity index (χ2v) is 3.77. The Morgan fingerprint density at radius 2 is 2.31 bits per heavy atom. The summed E-state index contributed by atoms with van der Waals surface area (Å²) in [4.78, 5) is 10.9. The monoisotopic (exact) mass is 284 g/mol. The van der Waals surface area contributed by atoms with Crippen molar-refractivity contribution in [1.82, 2.24) is 0 Å². The standard InChI is InChI=1S/C12H10BrFO2/c1-2-16-12(15)5-3-4-9-6-7-10(13)11(14)8-9/h6-8H,2,5H2,1H3. The van der Waals surface area contributed by atoms with Crippen molar-refractivity contribution >= 4 is 21.9 Å². The van der Waals surface area contributed by atoms with E-state index in [1.807, 2.05) is 0 Å². The van der Waals surface area contributed by atoms with Crippen LogP contribution >= 0.6 is 15.9 Å². The molecule has 4 heteroatoms. The van der Waals surface area contributed by atoms with Gasteiger partial charge in [0.05, 0.1) is 11.1 Å². The third-order valence-corrected chi connectivity index (χ3v) is 2.33. The Kier molecular flexibility index (Phi) is 5.00. The predicted molar refractivity (Wildman–Crippen MR) is 62.2 cm³/mol. The summed E-state index contributed by atoms with van der Waals surface area (Å²) < 4.78 is 18.2. The van der Waals surface area contributed by atoms with Crippen molar-refractivity contribution in [2.45, 2.75) is 13.3 Å². The molecule has 16 heavy (non-hydrogen) atoms. The normalized spacial score (nSPS) is 9.19. The Hall–Kier alpha value is -1.34. The maximum Gasteiger partial charge on any atom is 0.317 e. The van der Waals surface area contributed by atoms with E-state index in [0.717, 1.165) is 0 Å². The Morgan fingerprint density at radius 1 is 1.56 bits per heavy atom. The van der Waals surface area contributed by atoms with Crippen LogP contribution in [0.1, 0.15) is 18.9 Å². The second kappa shape index (κ2) is 6.29. The zero-order chi connectivity index (χ0) is 12.0. The highest BCUT2D eigenvalue weighted by Crippen LogP contribution is 2.15. The van der Waals surface area contributed by atoms with Crippen LogP contribution in [0.25, 0.3) is 0 Å². The van der Waals surface area contributed by atoms with Gasteiger partial charge in [-0.15, -0.1) is 0 Å². The van der Waals surface area contributed by atoms with Crippen LogP contribution in [-0.2, 0) is 9.53 Å². The Bertz CT molecular complexity index is 446. The second-order valence-electron chi connectivity index (χ2n) is 2.91. The SMILES string of the molecule is CCOC(=O)CC#Cc1ccc(Br)c(F)c1. The molecular weight excluding hydrogens is 275 g/mol. The van der Waals surface area contributed by atoms with E-state index in [9.17, 15) is 9.18 Å². The lowest BCUT2D eigenvalue weighted by atomic mass is 10.2. The highest BCUT2D eigenvalue weighted by Gasteiger charge is 1.99. The third-order valence-electron chi connectivity index (χ3n) is 1.69. The Labute approximate surface area is 102 Å². The molecule has 1 rings (SSSR count). The summed E-state index contributed by atoms with van der Waals surface area (Å²) in [6, 6.07) is 4.55. The number of carbonyl (C=O) groups excluding carboxylic acids is 1. The number of hydrogen-bond acceptors (Lipinski definition) is 2. The molecule has 0 aliphatic heterocycles. The third kappa shape index (κ3) is 4.03. The van der Waals surface area contributed by atoms with E-state index in [1.54, 1.807) is 19.1 Å². The molecule has 0 bridgehead atoms. The fraction of sp³-hybridized carbons (Fsp3) is 0.250. The number of benzene rings is 1. The van der Waals surface area contributed by atoms with Crippen LogP contribution in [0, 0.1) is 17.7 Å². The van der Waals surface area contributed by atoms with Gasteiger partial charge in [-0.05, 0) is 41.1 Å². The van der Waals surface area contributed by atoms with Crippen LogP contribution in [0.2, 0.25) is 0 Å². The summed E-state index contributed by atoms with van der Waals surface area (Å²) in [5, 5.41) is 0. The Balaban J connectivity index is 2.63. The van der Waals surface area contributed by atoms with Crippen molar-refractivity contribution in [1.29, 1.82) is 0 Å². The maximum atomic E-state index is 13.1. The lowest BCUT2D eigenvalue weighted by molar-refractivity contribution is -0.141. The molecule has 0 atom stereocenters. The average Bonchev–Trinajstić information content (AvgIpc) is 2.24. The lowest BCUT2D eigenvalue weighted by Crippen LogP contribution is -2.01. The van der Waals surface area contributed by atoms with Gasteiger partial charge in [-0.2, -0.15) is 0 Å². The van der Waals surface area contributed by atoms with Gasteiger partial charge in [0.1, 0.15) is 12.2 Å². The van der Waals surface area contributed by atoms with E-state index in [1.165, 1.54) is 6.07 Å². The molecule has 0 N–H and O–H groups in total. The highest BCUT2D eigenvalue weighted by atomic mass is 79.9. The van der Waals surface area contributed by atoms with E-state index in [0.29, 0.717) is 16.6 Å². The van der Waals surface area contributed by atoms with Crippen molar-refractivity contribution in [3.8, 4) is 11.8 Å². The molecule has 0 heterocycles. The molecule has 0 aliphatic carbocycles. The molecule has 1 aromatic carbocycles. The summed E-state index contributed by atoms with van der Waals surface area (Å²) in [7, 11) is 0. The lowest BCUT2D eigenvalue weighted by Gasteiger charge is -1.95. The first-order valence-corrected chi connectivity index (χ1v) is 5.52. The summed E-state index contributed by atoms with van der Waals surface area (Å²) in [6.07, 6.45) is 0.0194. The number of hydrogen-bond donors (Lipinski definition) is 0. The minimum absolute atomic E-state index is 0.0194. The van der Waals surface area contributed by atoms with E-state index < -0.39 is 0 Å². The van der Waals surface area contributed by atoms with Crippen LogP contribution in [0.15, 0.2) is 22.7 Å². The molecule has 0 radical (unpaired) electrons. The number of rotatable bonds is 2. The van der Waals surface area contributed by atoms with Crippen LogP contribution in [0.5, 0.6) is 0 Å². The molecule has 2 nitrogen and oxygen atoms in total. The van der Waals surface area contributed by atoms with Gasteiger partial charge in [0.25, 0.3) is 0 Å². The van der Waals surface area contributed by atoms with Gasteiger partial charge in [0, 0.05) is 5.56 Å². The first-order valence-electron chi connectivity index (χ1n) is 4.73. The average molecular weight is 285 g/mol. The minimum Gasteiger partial charge on any atom is -0.465 e. The molecule has 0 aliphatic rings. The Morgan fingerprint density at radius 3 is 2.94 bits per heavy atom. The molecule has 0 fully saturated rings. The van der Waals surface area contributed by atoms with Gasteiger partial charge in [-0.25, -0.2) is 4.39 Å². The summed E-state index contributed by atoms with van der Waals surface area (Å²) >= 11 is 3.04. The van der Waals surface area contributed by atoms with Gasteiger partial charge in [0.2, 0.25) is 0 Å². The zero-order valence-corrected chi connectivity index (χ0v) is 10.3. The highest BCUT2D eigenvalue weighted by molar-refractivity contribution is 9.10. The van der Waals surface area contributed by atoms with Crippen molar-refractivity contribution in [3.05, 3.63) is 34.1 Å². The van der Waals surface area contributed by atoms with Crippen LogP contribution in [0.3, 0.4) is 0 Å². The quantitative estimate of drug-likeness (QED) is 0.617. The largest absolute Gasteiger partial charge is 0.465 e. The number of esters is 1. The molecule has 1 aromatic rings. The molecule has 0 spiro atoms. The maximum absolute atomic E-state index is 13.1. The van der Waals surface area contributed by atoms with E-state index in [2.05, 4.69) is 27.8 Å². The van der Waals surface area contributed by atoms with Crippen LogP contribution < -0.4 is 0 Å². The van der Waals surface area contributed by atoms with E-state index in [4.69, 9.17) is 4.74 Å². The number of halogens is 2. The molecular formula is C12H10BrFO2. The van der Waals surface area contributed by atoms with Gasteiger partial charge < -0.3 is 4.74 Å². The first kappa shape index (κ1) is 12.7. The van der Waals surface area contributed by atoms with Gasteiger partial charge in [-0.3, -0.25) is 4.79 Å². The molecule has 0 amide bonds. The number of carbonyl (C=O) groups is 1. The minimum atomic E-state index is -0.372. The predicted octanol–water partition coefficient (Wildman–Crippen LogP) is 2.89.